The molecular formula is C14H19ClFNO2. The lowest BCUT2D eigenvalue weighted by atomic mass is 9.84. The van der Waals surface area contributed by atoms with Gasteiger partial charge in [-0.25, -0.2) is 4.39 Å². The maximum absolute atomic E-state index is 13.0. The highest BCUT2D eigenvalue weighted by atomic mass is 35.5. The standard InChI is InChI=1S/C14H19ClFNO2/c15-12-7-11(1-2-13(12)16)8-17-9-14(3-5-18)4-6-19-10-14/h1-2,7,17-18H,3-6,8-10H2. The van der Waals surface area contributed by atoms with Crippen LogP contribution in [0.5, 0.6) is 0 Å². The van der Waals surface area contributed by atoms with E-state index in [2.05, 4.69) is 5.32 Å². The summed E-state index contributed by atoms with van der Waals surface area (Å²) in [6.07, 6.45) is 1.70. The van der Waals surface area contributed by atoms with E-state index >= 15 is 0 Å². The first-order valence-electron chi connectivity index (χ1n) is 6.48. The van der Waals surface area contributed by atoms with E-state index in [1.165, 1.54) is 6.07 Å². The molecule has 1 fully saturated rings. The molecule has 2 rings (SSSR count). The van der Waals surface area contributed by atoms with Gasteiger partial charge in [0, 0.05) is 31.7 Å². The Morgan fingerprint density at radius 3 is 2.95 bits per heavy atom. The van der Waals surface area contributed by atoms with Crippen molar-refractivity contribution in [2.45, 2.75) is 19.4 Å². The van der Waals surface area contributed by atoms with Crippen molar-refractivity contribution in [3.63, 3.8) is 0 Å². The molecule has 2 N–H and O–H groups in total. The summed E-state index contributed by atoms with van der Waals surface area (Å²) < 4.78 is 18.5. The van der Waals surface area contributed by atoms with Crippen LogP contribution < -0.4 is 5.32 Å². The predicted octanol–water partition coefficient (Wildman–Crippen LogP) is 2.36. The fourth-order valence-corrected chi connectivity index (χ4v) is 2.64. The summed E-state index contributed by atoms with van der Waals surface area (Å²) in [5.74, 6) is -0.397. The van der Waals surface area contributed by atoms with Gasteiger partial charge in [0.15, 0.2) is 0 Å². The van der Waals surface area contributed by atoms with Crippen LogP contribution in [0.15, 0.2) is 18.2 Å². The average Bonchev–Trinajstić information content (AvgIpc) is 2.83. The van der Waals surface area contributed by atoms with E-state index in [1.807, 2.05) is 0 Å². The zero-order valence-corrected chi connectivity index (χ0v) is 11.5. The number of nitrogens with one attached hydrogen (secondary N) is 1. The van der Waals surface area contributed by atoms with E-state index in [9.17, 15) is 4.39 Å². The molecule has 1 aromatic rings. The minimum absolute atomic E-state index is 0.0264. The number of halogens is 2. The first kappa shape index (κ1) is 14.7. The minimum atomic E-state index is -0.397. The molecule has 106 valence electrons. The smallest absolute Gasteiger partial charge is 0.141 e. The van der Waals surface area contributed by atoms with Crippen molar-refractivity contribution in [3.05, 3.63) is 34.6 Å². The fourth-order valence-electron chi connectivity index (χ4n) is 2.43. The summed E-state index contributed by atoms with van der Waals surface area (Å²) in [6, 6.07) is 4.73. The Kier molecular flexibility index (Phi) is 5.16. The van der Waals surface area contributed by atoms with Gasteiger partial charge in [0.1, 0.15) is 5.82 Å². The van der Waals surface area contributed by atoms with Crippen molar-refractivity contribution in [2.24, 2.45) is 5.41 Å². The van der Waals surface area contributed by atoms with Crippen molar-refractivity contribution >= 4 is 11.6 Å². The zero-order valence-electron chi connectivity index (χ0n) is 10.8. The Morgan fingerprint density at radius 2 is 2.32 bits per heavy atom. The van der Waals surface area contributed by atoms with E-state index in [0.717, 1.165) is 31.6 Å². The Morgan fingerprint density at radius 1 is 1.47 bits per heavy atom. The van der Waals surface area contributed by atoms with Gasteiger partial charge in [-0.3, -0.25) is 0 Å². The summed E-state index contributed by atoms with van der Waals surface area (Å²) in [7, 11) is 0. The quantitative estimate of drug-likeness (QED) is 0.844. The van der Waals surface area contributed by atoms with Gasteiger partial charge in [0.2, 0.25) is 0 Å². The molecule has 0 aliphatic carbocycles. The van der Waals surface area contributed by atoms with Crippen molar-refractivity contribution in [1.29, 1.82) is 0 Å². The molecule has 1 aliphatic heterocycles. The van der Waals surface area contributed by atoms with Crippen molar-refractivity contribution in [1.82, 2.24) is 5.32 Å². The molecule has 19 heavy (non-hydrogen) atoms. The minimum Gasteiger partial charge on any atom is -0.396 e. The highest BCUT2D eigenvalue weighted by Crippen LogP contribution is 2.31. The second-order valence-corrected chi connectivity index (χ2v) is 5.54. The summed E-state index contributed by atoms with van der Waals surface area (Å²) in [4.78, 5) is 0. The largest absolute Gasteiger partial charge is 0.396 e. The third kappa shape index (κ3) is 3.89. The molecular weight excluding hydrogens is 269 g/mol. The van der Waals surface area contributed by atoms with Crippen LogP contribution in [0.25, 0.3) is 0 Å². The van der Waals surface area contributed by atoms with Crippen LogP contribution in [0.2, 0.25) is 5.02 Å². The van der Waals surface area contributed by atoms with Gasteiger partial charge in [-0.05, 0) is 30.5 Å². The molecule has 0 radical (unpaired) electrons. The van der Waals surface area contributed by atoms with Crippen LogP contribution in [0, 0.1) is 11.2 Å². The molecule has 0 saturated carbocycles. The van der Waals surface area contributed by atoms with Gasteiger partial charge in [-0.2, -0.15) is 0 Å². The molecule has 1 unspecified atom stereocenters. The SMILES string of the molecule is OCCC1(CNCc2ccc(F)c(Cl)c2)CCOC1. The molecule has 0 bridgehead atoms. The van der Waals surface area contributed by atoms with Crippen LogP contribution >= 0.6 is 11.6 Å². The van der Waals surface area contributed by atoms with E-state index < -0.39 is 5.82 Å². The second kappa shape index (κ2) is 6.66. The third-order valence-corrected chi connectivity index (χ3v) is 3.93. The summed E-state index contributed by atoms with van der Waals surface area (Å²) >= 11 is 5.74. The van der Waals surface area contributed by atoms with Crippen LogP contribution in [0.4, 0.5) is 4.39 Å². The van der Waals surface area contributed by atoms with Gasteiger partial charge in [0.25, 0.3) is 0 Å². The molecule has 1 heterocycles. The summed E-state index contributed by atoms with van der Waals surface area (Å²) in [5.41, 5.74) is 0.975. The number of ether oxygens (including phenoxy) is 1. The number of benzene rings is 1. The first-order valence-corrected chi connectivity index (χ1v) is 6.86. The Hall–Kier alpha value is -0.680. The normalized spacial score (nSPS) is 22.9. The lowest BCUT2D eigenvalue weighted by molar-refractivity contribution is 0.124. The maximum Gasteiger partial charge on any atom is 0.141 e. The zero-order chi connectivity index (χ0) is 13.7. The highest BCUT2D eigenvalue weighted by molar-refractivity contribution is 6.30. The van der Waals surface area contributed by atoms with Crippen LogP contribution in [-0.2, 0) is 11.3 Å². The van der Waals surface area contributed by atoms with Gasteiger partial charge >= 0.3 is 0 Å². The molecule has 5 heteroatoms. The van der Waals surface area contributed by atoms with Gasteiger partial charge in [-0.1, -0.05) is 17.7 Å². The number of rotatable bonds is 6. The Labute approximate surface area is 117 Å². The lowest BCUT2D eigenvalue weighted by Gasteiger charge is -2.26. The number of hydrogen-bond donors (Lipinski definition) is 2. The summed E-state index contributed by atoms with van der Waals surface area (Å²) in [6.45, 7) is 3.03. The molecule has 1 aliphatic rings. The number of aliphatic hydroxyl groups is 1. The topological polar surface area (TPSA) is 41.5 Å². The van der Waals surface area contributed by atoms with Crippen molar-refractivity contribution in [3.8, 4) is 0 Å². The Balaban J connectivity index is 1.86. The van der Waals surface area contributed by atoms with E-state index in [4.69, 9.17) is 21.4 Å². The average molecular weight is 288 g/mol. The fraction of sp³-hybridized carbons (Fsp3) is 0.571. The third-order valence-electron chi connectivity index (χ3n) is 3.64. The molecule has 3 nitrogen and oxygen atoms in total. The Bertz CT molecular complexity index is 422. The van der Waals surface area contributed by atoms with Crippen LogP contribution in [-0.4, -0.2) is 31.5 Å². The number of hydrogen-bond acceptors (Lipinski definition) is 3. The van der Waals surface area contributed by atoms with Crippen molar-refractivity contribution < 1.29 is 14.2 Å². The molecule has 1 saturated heterocycles. The van der Waals surface area contributed by atoms with Crippen LogP contribution in [0.1, 0.15) is 18.4 Å². The monoisotopic (exact) mass is 287 g/mol. The molecule has 1 aromatic carbocycles. The lowest BCUT2D eigenvalue weighted by Crippen LogP contribution is -2.35. The van der Waals surface area contributed by atoms with Crippen LogP contribution in [0.3, 0.4) is 0 Å². The van der Waals surface area contributed by atoms with E-state index in [1.54, 1.807) is 12.1 Å². The molecule has 0 aromatic heterocycles. The van der Waals surface area contributed by atoms with E-state index in [0.29, 0.717) is 13.2 Å². The van der Waals surface area contributed by atoms with Gasteiger partial charge < -0.3 is 15.2 Å². The molecule has 0 spiro atoms. The second-order valence-electron chi connectivity index (χ2n) is 5.13. The molecule has 0 amide bonds. The maximum atomic E-state index is 13.0. The first-order chi connectivity index (χ1) is 9.15. The summed E-state index contributed by atoms with van der Waals surface area (Å²) in [5, 5.41) is 12.6. The van der Waals surface area contributed by atoms with Crippen molar-refractivity contribution in [2.75, 3.05) is 26.4 Å². The molecule has 1 atom stereocenters. The predicted molar refractivity (Wildman–Crippen MR) is 72.7 cm³/mol. The number of aliphatic hydroxyl groups excluding tert-OH is 1. The highest BCUT2D eigenvalue weighted by Gasteiger charge is 2.33. The van der Waals surface area contributed by atoms with E-state index in [-0.39, 0.29) is 17.0 Å². The van der Waals surface area contributed by atoms with Gasteiger partial charge in [-0.15, -0.1) is 0 Å². The van der Waals surface area contributed by atoms with Gasteiger partial charge in [0.05, 0.1) is 11.6 Å².